The van der Waals surface area contributed by atoms with E-state index in [4.69, 9.17) is 4.74 Å². The van der Waals surface area contributed by atoms with E-state index in [1.807, 2.05) is 12.1 Å². The zero-order chi connectivity index (χ0) is 19.3. The number of esters is 1. The second kappa shape index (κ2) is 8.24. The first kappa shape index (κ1) is 19.1. The largest absolute Gasteiger partial charge is 0.469 e. The van der Waals surface area contributed by atoms with Crippen molar-refractivity contribution in [2.45, 2.75) is 20.3 Å². The first-order chi connectivity index (χ1) is 12.3. The molecule has 1 unspecified atom stereocenters. The Balaban J connectivity index is 2.17. The van der Waals surface area contributed by atoms with Gasteiger partial charge in [-0.05, 0) is 43.2 Å². The fraction of sp³-hybridized carbons (Fsp3) is 0.263. The van der Waals surface area contributed by atoms with Gasteiger partial charge in [0.05, 0.1) is 18.0 Å². The smallest absolute Gasteiger partial charge is 0.308 e. The van der Waals surface area contributed by atoms with Crippen molar-refractivity contribution in [3.05, 3.63) is 63.7 Å². The number of nitrogens with zero attached hydrogens (tertiary/aromatic N) is 1. The van der Waals surface area contributed by atoms with E-state index in [0.29, 0.717) is 17.8 Å². The van der Waals surface area contributed by atoms with Crippen molar-refractivity contribution in [2.75, 3.05) is 12.4 Å². The Bertz CT molecular complexity index is 830. The molecule has 0 aliphatic rings. The number of nitro benzene ring substituents is 1. The van der Waals surface area contributed by atoms with Gasteiger partial charge >= 0.3 is 5.97 Å². The van der Waals surface area contributed by atoms with Crippen molar-refractivity contribution in [3.63, 3.8) is 0 Å². The van der Waals surface area contributed by atoms with Crippen LogP contribution in [-0.4, -0.2) is 23.8 Å². The standard InChI is InChI=1S/C19H20N2O5/c1-12(19(23)26-3)10-14-4-7-16(8-5-14)20-17-9-6-15(13(2)22)11-18(17)21(24)25/h4-9,11-12,20H,10H2,1-3H3. The molecule has 0 fully saturated rings. The molecule has 0 aliphatic heterocycles. The molecule has 1 N–H and O–H groups in total. The van der Waals surface area contributed by atoms with E-state index in [1.165, 1.54) is 26.2 Å². The quantitative estimate of drug-likeness (QED) is 0.350. The van der Waals surface area contributed by atoms with Gasteiger partial charge in [0.25, 0.3) is 5.69 Å². The van der Waals surface area contributed by atoms with Gasteiger partial charge in [-0.15, -0.1) is 0 Å². The number of nitrogens with one attached hydrogen (secondary N) is 1. The van der Waals surface area contributed by atoms with Gasteiger partial charge in [0.2, 0.25) is 0 Å². The number of methoxy groups -OCH3 is 1. The number of anilines is 2. The Kier molecular flexibility index (Phi) is 6.06. The van der Waals surface area contributed by atoms with Crippen LogP contribution in [0.25, 0.3) is 0 Å². The Hall–Kier alpha value is -3.22. The van der Waals surface area contributed by atoms with Gasteiger partial charge in [0.15, 0.2) is 5.78 Å². The molecule has 0 aliphatic carbocycles. The summed E-state index contributed by atoms with van der Waals surface area (Å²) in [7, 11) is 1.36. The van der Waals surface area contributed by atoms with E-state index in [0.717, 1.165) is 5.56 Å². The van der Waals surface area contributed by atoms with Gasteiger partial charge in [-0.1, -0.05) is 19.1 Å². The van der Waals surface area contributed by atoms with Crippen LogP contribution in [0.1, 0.15) is 29.8 Å². The molecule has 0 amide bonds. The molecule has 136 valence electrons. The van der Waals surface area contributed by atoms with Crippen LogP contribution in [0.15, 0.2) is 42.5 Å². The zero-order valence-electron chi connectivity index (χ0n) is 14.8. The number of carbonyl (C=O) groups excluding carboxylic acids is 2. The van der Waals surface area contributed by atoms with Crippen molar-refractivity contribution < 1.29 is 19.2 Å². The molecule has 2 aromatic carbocycles. The summed E-state index contributed by atoms with van der Waals surface area (Å²) in [6.45, 7) is 3.15. The molecule has 26 heavy (non-hydrogen) atoms. The van der Waals surface area contributed by atoms with Crippen LogP contribution < -0.4 is 5.32 Å². The Labute approximate surface area is 151 Å². The highest BCUT2D eigenvalue weighted by molar-refractivity contribution is 5.95. The molecule has 1 atom stereocenters. The molecular formula is C19H20N2O5. The van der Waals surface area contributed by atoms with Crippen molar-refractivity contribution >= 4 is 28.8 Å². The SMILES string of the molecule is COC(=O)C(C)Cc1ccc(Nc2ccc(C(C)=O)cc2[N+](=O)[O-])cc1. The molecule has 0 spiro atoms. The average Bonchev–Trinajstić information content (AvgIpc) is 2.62. The number of rotatable bonds is 7. The lowest BCUT2D eigenvalue weighted by Crippen LogP contribution is -2.15. The van der Waals surface area contributed by atoms with Gasteiger partial charge in [-0.25, -0.2) is 0 Å². The van der Waals surface area contributed by atoms with Crippen LogP contribution in [0.2, 0.25) is 0 Å². The van der Waals surface area contributed by atoms with Crippen LogP contribution >= 0.6 is 0 Å². The molecule has 2 rings (SSSR count). The highest BCUT2D eigenvalue weighted by Gasteiger charge is 2.17. The lowest BCUT2D eigenvalue weighted by molar-refractivity contribution is -0.383. The lowest BCUT2D eigenvalue weighted by atomic mass is 10.0. The van der Waals surface area contributed by atoms with E-state index in [-0.39, 0.29) is 28.9 Å². The number of Topliss-reactive ketones (excluding diaryl/α,β-unsaturated/α-hetero) is 1. The second-order valence-electron chi connectivity index (χ2n) is 6.00. The third kappa shape index (κ3) is 4.66. The summed E-state index contributed by atoms with van der Waals surface area (Å²) >= 11 is 0. The minimum atomic E-state index is -0.527. The van der Waals surface area contributed by atoms with Gasteiger partial charge < -0.3 is 10.1 Å². The first-order valence-corrected chi connectivity index (χ1v) is 8.05. The van der Waals surface area contributed by atoms with Crippen LogP contribution in [0.3, 0.4) is 0 Å². The highest BCUT2D eigenvalue weighted by Crippen LogP contribution is 2.29. The number of hydrogen-bond acceptors (Lipinski definition) is 6. The molecule has 0 bridgehead atoms. The van der Waals surface area contributed by atoms with Crippen molar-refractivity contribution in [3.8, 4) is 0 Å². The maximum Gasteiger partial charge on any atom is 0.308 e. The van der Waals surface area contributed by atoms with Crippen LogP contribution in [0.5, 0.6) is 0 Å². The van der Waals surface area contributed by atoms with E-state index in [2.05, 4.69) is 5.32 Å². The van der Waals surface area contributed by atoms with E-state index in [9.17, 15) is 19.7 Å². The van der Waals surface area contributed by atoms with Crippen molar-refractivity contribution in [1.29, 1.82) is 0 Å². The fourth-order valence-corrected chi connectivity index (χ4v) is 2.53. The number of carbonyl (C=O) groups is 2. The number of hydrogen-bond donors (Lipinski definition) is 1. The van der Waals surface area contributed by atoms with E-state index < -0.39 is 4.92 Å². The first-order valence-electron chi connectivity index (χ1n) is 8.05. The van der Waals surface area contributed by atoms with Crippen LogP contribution in [0.4, 0.5) is 17.1 Å². The topological polar surface area (TPSA) is 98.5 Å². The van der Waals surface area contributed by atoms with Gasteiger partial charge in [0.1, 0.15) is 5.69 Å². The Morgan fingerprint density at radius 1 is 1.19 bits per heavy atom. The predicted octanol–water partition coefficient (Wildman–Crippen LogP) is 3.89. The number of ketones is 1. The Morgan fingerprint density at radius 3 is 2.38 bits per heavy atom. The molecule has 7 heteroatoms. The fourth-order valence-electron chi connectivity index (χ4n) is 2.53. The monoisotopic (exact) mass is 356 g/mol. The number of nitro groups is 1. The predicted molar refractivity (Wildman–Crippen MR) is 97.7 cm³/mol. The maximum absolute atomic E-state index is 11.5. The lowest BCUT2D eigenvalue weighted by Gasteiger charge is -2.11. The maximum atomic E-state index is 11.5. The molecule has 0 heterocycles. The van der Waals surface area contributed by atoms with Crippen LogP contribution in [-0.2, 0) is 16.0 Å². The molecule has 0 radical (unpaired) electrons. The Morgan fingerprint density at radius 2 is 1.85 bits per heavy atom. The highest BCUT2D eigenvalue weighted by atomic mass is 16.6. The van der Waals surface area contributed by atoms with Crippen molar-refractivity contribution in [2.24, 2.45) is 5.92 Å². The molecule has 0 saturated carbocycles. The van der Waals surface area contributed by atoms with Gasteiger partial charge in [0, 0.05) is 17.3 Å². The molecule has 2 aromatic rings. The summed E-state index contributed by atoms with van der Waals surface area (Å²) in [5, 5.41) is 14.3. The third-order valence-electron chi connectivity index (χ3n) is 3.98. The van der Waals surface area contributed by atoms with E-state index in [1.54, 1.807) is 25.1 Å². The van der Waals surface area contributed by atoms with Gasteiger partial charge in [-0.3, -0.25) is 19.7 Å². The minimum absolute atomic E-state index is 0.166. The van der Waals surface area contributed by atoms with Crippen LogP contribution in [0, 0.1) is 16.0 Å². The summed E-state index contributed by atoms with van der Waals surface area (Å²) < 4.78 is 4.71. The molecule has 0 saturated heterocycles. The zero-order valence-corrected chi connectivity index (χ0v) is 14.8. The van der Waals surface area contributed by atoms with Gasteiger partial charge in [-0.2, -0.15) is 0 Å². The minimum Gasteiger partial charge on any atom is -0.469 e. The molecule has 0 aromatic heterocycles. The van der Waals surface area contributed by atoms with E-state index >= 15 is 0 Å². The van der Waals surface area contributed by atoms with Crippen molar-refractivity contribution in [1.82, 2.24) is 0 Å². The third-order valence-corrected chi connectivity index (χ3v) is 3.98. The summed E-state index contributed by atoms with van der Waals surface area (Å²) in [6, 6.07) is 11.6. The summed E-state index contributed by atoms with van der Waals surface area (Å²) in [6.07, 6.45) is 0.542. The molecule has 7 nitrogen and oxygen atoms in total. The average molecular weight is 356 g/mol. The summed E-state index contributed by atoms with van der Waals surface area (Å²) in [4.78, 5) is 33.6. The number of benzene rings is 2. The molecular weight excluding hydrogens is 336 g/mol. The number of ether oxygens (including phenoxy) is 1. The second-order valence-corrected chi connectivity index (χ2v) is 6.00. The normalized spacial score (nSPS) is 11.5. The summed E-state index contributed by atoms with van der Waals surface area (Å²) in [5.41, 5.74) is 2.04. The summed E-state index contributed by atoms with van der Waals surface area (Å²) in [5.74, 6) is -0.754.